The zero-order valence-corrected chi connectivity index (χ0v) is 15.5. The average Bonchev–Trinajstić information content (AvgIpc) is 3.27. The highest BCUT2D eigenvalue weighted by Crippen LogP contribution is 2.16. The van der Waals surface area contributed by atoms with Gasteiger partial charge in [-0.15, -0.1) is 11.3 Å². The molecule has 2 N–H and O–H groups in total. The molecule has 2 aromatic heterocycles. The zero-order chi connectivity index (χ0) is 18.4. The molecular formula is C19H22N4O2S. The van der Waals surface area contributed by atoms with Crippen LogP contribution in [0.2, 0.25) is 0 Å². The molecule has 3 aromatic rings. The van der Waals surface area contributed by atoms with Gasteiger partial charge in [0.25, 0.3) is 0 Å². The van der Waals surface area contributed by atoms with E-state index in [1.54, 1.807) is 11.3 Å². The Morgan fingerprint density at radius 2 is 1.88 bits per heavy atom. The summed E-state index contributed by atoms with van der Waals surface area (Å²) in [6.07, 6.45) is 1.29. The first kappa shape index (κ1) is 18.1. The minimum Gasteiger partial charge on any atom is -0.350 e. The van der Waals surface area contributed by atoms with Gasteiger partial charge < -0.3 is 15.2 Å². The Labute approximate surface area is 156 Å². The second-order valence-electron chi connectivity index (χ2n) is 5.99. The first-order valence-electron chi connectivity index (χ1n) is 8.67. The highest BCUT2D eigenvalue weighted by atomic mass is 32.1. The Hall–Kier alpha value is -2.67. The normalized spacial score (nSPS) is 10.8. The molecule has 136 valence electrons. The predicted octanol–water partition coefficient (Wildman–Crippen LogP) is 2.83. The van der Waals surface area contributed by atoms with Gasteiger partial charge in [-0.05, 0) is 30.0 Å². The highest BCUT2D eigenvalue weighted by molar-refractivity contribution is 7.09. The number of carbonyl (C=O) groups excluding carboxylic acids is 2. The molecule has 0 radical (unpaired) electrons. The number of carbonyl (C=O) groups is 2. The minimum atomic E-state index is -0.0808. The van der Waals surface area contributed by atoms with Gasteiger partial charge in [-0.25, -0.2) is 4.98 Å². The molecule has 0 aliphatic rings. The summed E-state index contributed by atoms with van der Waals surface area (Å²) in [7, 11) is 0. The van der Waals surface area contributed by atoms with E-state index < -0.39 is 0 Å². The molecular weight excluding hydrogens is 348 g/mol. The Bertz CT molecular complexity index is 886. The van der Waals surface area contributed by atoms with Crippen LogP contribution in [-0.4, -0.2) is 21.4 Å². The molecule has 2 heterocycles. The second-order valence-corrected chi connectivity index (χ2v) is 7.02. The predicted molar refractivity (Wildman–Crippen MR) is 103 cm³/mol. The molecule has 2 amide bonds. The summed E-state index contributed by atoms with van der Waals surface area (Å²) in [4.78, 5) is 29.9. The van der Waals surface area contributed by atoms with Crippen LogP contribution in [0.15, 0.2) is 41.8 Å². The molecule has 0 aliphatic carbocycles. The van der Waals surface area contributed by atoms with Crippen molar-refractivity contribution in [3.8, 4) is 0 Å². The van der Waals surface area contributed by atoms with Crippen LogP contribution in [0, 0.1) is 0 Å². The number of para-hydroxylation sites is 2. The standard InChI is InChI=1S/C19H22N4O2S/c1-2-6-18(24)21-12-17-22-15-8-3-4-9-16(15)23(17)13-19(25)20-11-14-7-5-10-26-14/h3-5,7-10H,2,6,11-13H2,1H3,(H,20,25)(H,21,24). The van der Waals surface area contributed by atoms with Gasteiger partial charge in [0.1, 0.15) is 12.4 Å². The Morgan fingerprint density at radius 1 is 1.08 bits per heavy atom. The number of imidazole rings is 1. The first-order valence-corrected chi connectivity index (χ1v) is 9.55. The number of nitrogens with zero attached hydrogens (tertiary/aromatic N) is 2. The van der Waals surface area contributed by atoms with E-state index in [4.69, 9.17) is 0 Å². The van der Waals surface area contributed by atoms with Crippen molar-refractivity contribution in [2.45, 2.75) is 39.4 Å². The van der Waals surface area contributed by atoms with Gasteiger partial charge in [0.05, 0.1) is 24.1 Å². The van der Waals surface area contributed by atoms with Crippen molar-refractivity contribution in [2.75, 3.05) is 0 Å². The maximum atomic E-state index is 12.4. The summed E-state index contributed by atoms with van der Waals surface area (Å²) < 4.78 is 1.87. The largest absolute Gasteiger partial charge is 0.350 e. The number of fused-ring (bicyclic) bond motifs is 1. The van der Waals surface area contributed by atoms with Gasteiger partial charge in [-0.1, -0.05) is 25.1 Å². The van der Waals surface area contributed by atoms with Crippen LogP contribution in [0.1, 0.15) is 30.5 Å². The van der Waals surface area contributed by atoms with Crippen LogP contribution in [0.4, 0.5) is 0 Å². The van der Waals surface area contributed by atoms with Gasteiger partial charge >= 0.3 is 0 Å². The Kier molecular flexibility index (Phi) is 6.01. The van der Waals surface area contributed by atoms with Crippen molar-refractivity contribution >= 4 is 34.2 Å². The summed E-state index contributed by atoms with van der Waals surface area (Å²) in [5, 5.41) is 7.80. The molecule has 0 unspecified atom stereocenters. The number of amides is 2. The molecule has 0 bridgehead atoms. The van der Waals surface area contributed by atoms with Gasteiger partial charge in [-0.3, -0.25) is 9.59 Å². The fourth-order valence-corrected chi connectivity index (χ4v) is 3.37. The number of thiophene rings is 1. The topological polar surface area (TPSA) is 76.0 Å². The molecule has 3 rings (SSSR count). The Balaban J connectivity index is 1.73. The van der Waals surface area contributed by atoms with Crippen molar-refractivity contribution in [3.05, 3.63) is 52.5 Å². The minimum absolute atomic E-state index is 0.00625. The molecule has 26 heavy (non-hydrogen) atoms. The average molecular weight is 370 g/mol. The van der Waals surface area contributed by atoms with E-state index >= 15 is 0 Å². The van der Waals surface area contributed by atoms with E-state index in [9.17, 15) is 9.59 Å². The summed E-state index contributed by atoms with van der Waals surface area (Å²) in [6.45, 7) is 2.97. The van der Waals surface area contributed by atoms with Crippen molar-refractivity contribution in [1.82, 2.24) is 20.2 Å². The molecule has 1 aromatic carbocycles. The molecule has 0 saturated carbocycles. The summed E-state index contributed by atoms with van der Waals surface area (Å²) >= 11 is 1.61. The van der Waals surface area contributed by atoms with E-state index in [-0.39, 0.29) is 18.4 Å². The van der Waals surface area contributed by atoms with E-state index in [1.165, 1.54) is 0 Å². The van der Waals surface area contributed by atoms with E-state index in [0.29, 0.717) is 25.3 Å². The number of benzene rings is 1. The van der Waals surface area contributed by atoms with E-state index in [2.05, 4.69) is 15.6 Å². The maximum absolute atomic E-state index is 12.4. The van der Waals surface area contributed by atoms with E-state index in [1.807, 2.05) is 53.3 Å². The number of aromatic nitrogens is 2. The quantitative estimate of drug-likeness (QED) is 0.640. The monoisotopic (exact) mass is 370 g/mol. The summed E-state index contributed by atoms with van der Waals surface area (Å²) in [6, 6.07) is 11.6. The maximum Gasteiger partial charge on any atom is 0.240 e. The summed E-state index contributed by atoms with van der Waals surface area (Å²) in [5.74, 6) is 0.595. The zero-order valence-electron chi connectivity index (χ0n) is 14.7. The van der Waals surface area contributed by atoms with Crippen LogP contribution in [0.5, 0.6) is 0 Å². The van der Waals surface area contributed by atoms with Crippen molar-refractivity contribution in [3.63, 3.8) is 0 Å². The van der Waals surface area contributed by atoms with Gasteiger partial charge in [0.15, 0.2) is 0 Å². The third-order valence-corrected chi connectivity index (χ3v) is 4.87. The van der Waals surface area contributed by atoms with Gasteiger partial charge in [0.2, 0.25) is 11.8 Å². The van der Waals surface area contributed by atoms with Crippen molar-refractivity contribution in [2.24, 2.45) is 0 Å². The molecule has 0 aliphatic heterocycles. The molecule has 7 heteroatoms. The fourth-order valence-electron chi connectivity index (χ4n) is 2.73. The molecule has 6 nitrogen and oxygen atoms in total. The number of hydrogen-bond donors (Lipinski definition) is 2. The fraction of sp³-hybridized carbons (Fsp3) is 0.316. The molecule has 0 spiro atoms. The smallest absolute Gasteiger partial charge is 0.240 e. The van der Waals surface area contributed by atoms with Crippen LogP contribution in [0.3, 0.4) is 0 Å². The van der Waals surface area contributed by atoms with Gasteiger partial charge in [-0.2, -0.15) is 0 Å². The van der Waals surface area contributed by atoms with Gasteiger partial charge in [0, 0.05) is 11.3 Å². The Morgan fingerprint density at radius 3 is 2.65 bits per heavy atom. The van der Waals surface area contributed by atoms with Crippen molar-refractivity contribution in [1.29, 1.82) is 0 Å². The van der Waals surface area contributed by atoms with Crippen LogP contribution >= 0.6 is 11.3 Å². The number of nitrogens with one attached hydrogen (secondary N) is 2. The molecule has 0 saturated heterocycles. The lowest BCUT2D eigenvalue weighted by molar-refractivity contribution is -0.122. The lowest BCUT2D eigenvalue weighted by Gasteiger charge is -2.10. The van der Waals surface area contributed by atoms with Crippen molar-refractivity contribution < 1.29 is 9.59 Å². The third kappa shape index (κ3) is 4.49. The number of hydrogen-bond acceptors (Lipinski definition) is 4. The molecule has 0 atom stereocenters. The van der Waals surface area contributed by atoms with E-state index in [0.717, 1.165) is 22.3 Å². The lowest BCUT2D eigenvalue weighted by atomic mass is 10.3. The summed E-state index contributed by atoms with van der Waals surface area (Å²) in [5.41, 5.74) is 1.71. The van der Waals surface area contributed by atoms with Crippen LogP contribution < -0.4 is 10.6 Å². The number of rotatable bonds is 8. The second kappa shape index (κ2) is 8.62. The molecule has 0 fully saturated rings. The lowest BCUT2D eigenvalue weighted by Crippen LogP contribution is -2.29. The van der Waals surface area contributed by atoms with Crippen LogP contribution in [0.25, 0.3) is 11.0 Å². The third-order valence-electron chi connectivity index (χ3n) is 4.00. The SMILES string of the molecule is CCCC(=O)NCc1nc2ccccc2n1CC(=O)NCc1cccs1. The first-order chi connectivity index (χ1) is 12.7. The highest BCUT2D eigenvalue weighted by Gasteiger charge is 2.14. The van der Waals surface area contributed by atoms with Crippen LogP contribution in [-0.2, 0) is 29.2 Å².